The summed E-state index contributed by atoms with van der Waals surface area (Å²) < 4.78 is 10.7. The van der Waals surface area contributed by atoms with Gasteiger partial charge in [0.15, 0.2) is 0 Å². The van der Waals surface area contributed by atoms with Crippen molar-refractivity contribution < 1.29 is 9.47 Å². The van der Waals surface area contributed by atoms with E-state index in [1.54, 1.807) is 13.3 Å². The van der Waals surface area contributed by atoms with Gasteiger partial charge in [0.2, 0.25) is 5.88 Å². The van der Waals surface area contributed by atoms with Crippen LogP contribution >= 0.6 is 0 Å². The molecule has 5 heteroatoms. The summed E-state index contributed by atoms with van der Waals surface area (Å²) in [5.41, 5.74) is 2.26. The van der Waals surface area contributed by atoms with Crippen molar-refractivity contribution in [3.8, 4) is 17.7 Å². The Morgan fingerprint density at radius 2 is 2.04 bits per heavy atom. The fraction of sp³-hybridized carbons (Fsp3) is 0.333. The molecule has 0 aliphatic heterocycles. The van der Waals surface area contributed by atoms with Crippen molar-refractivity contribution in [3.63, 3.8) is 0 Å². The number of ether oxygens (including phenoxy) is 2. The van der Waals surface area contributed by atoms with E-state index in [9.17, 15) is 0 Å². The SMILES string of the molecule is COc1ccc(CNCc2cccc(OCCCC#N)c2)cn1. The maximum Gasteiger partial charge on any atom is 0.212 e. The predicted octanol–water partition coefficient (Wildman–Crippen LogP) is 3.06. The largest absolute Gasteiger partial charge is 0.494 e. The molecule has 0 aliphatic carbocycles. The van der Waals surface area contributed by atoms with Crippen molar-refractivity contribution in [2.45, 2.75) is 25.9 Å². The zero-order chi connectivity index (χ0) is 16.3. The van der Waals surface area contributed by atoms with E-state index < -0.39 is 0 Å². The van der Waals surface area contributed by atoms with Crippen molar-refractivity contribution in [2.75, 3.05) is 13.7 Å². The number of rotatable bonds is 9. The lowest BCUT2D eigenvalue weighted by atomic mass is 10.2. The predicted molar refractivity (Wildman–Crippen MR) is 88.1 cm³/mol. The van der Waals surface area contributed by atoms with Gasteiger partial charge in [-0.2, -0.15) is 5.26 Å². The van der Waals surface area contributed by atoms with Crippen LogP contribution in [0.25, 0.3) is 0 Å². The van der Waals surface area contributed by atoms with Crippen molar-refractivity contribution in [1.82, 2.24) is 10.3 Å². The maximum atomic E-state index is 8.50. The van der Waals surface area contributed by atoms with Gasteiger partial charge in [-0.15, -0.1) is 0 Å². The average Bonchev–Trinajstić information content (AvgIpc) is 2.60. The molecule has 0 saturated carbocycles. The number of pyridine rings is 1. The molecule has 0 unspecified atom stereocenters. The molecule has 0 atom stereocenters. The third kappa shape index (κ3) is 5.97. The van der Waals surface area contributed by atoms with Gasteiger partial charge in [0, 0.05) is 31.8 Å². The Balaban J connectivity index is 1.77. The second-order valence-electron chi connectivity index (χ2n) is 5.07. The summed E-state index contributed by atoms with van der Waals surface area (Å²) in [4.78, 5) is 4.18. The number of nitrogens with zero attached hydrogens (tertiary/aromatic N) is 2. The number of nitriles is 1. The summed E-state index contributed by atoms with van der Waals surface area (Å²) in [6.45, 7) is 2.06. The highest BCUT2D eigenvalue weighted by atomic mass is 16.5. The molecule has 5 nitrogen and oxygen atoms in total. The van der Waals surface area contributed by atoms with Gasteiger partial charge in [-0.25, -0.2) is 4.98 Å². The molecule has 1 heterocycles. The van der Waals surface area contributed by atoms with Gasteiger partial charge >= 0.3 is 0 Å². The van der Waals surface area contributed by atoms with Crippen molar-refractivity contribution >= 4 is 0 Å². The molecule has 0 fully saturated rings. The van der Waals surface area contributed by atoms with Crippen LogP contribution in [-0.4, -0.2) is 18.7 Å². The molecule has 0 amide bonds. The molecule has 23 heavy (non-hydrogen) atoms. The zero-order valence-electron chi connectivity index (χ0n) is 13.3. The van der Waals surface area contributed by atoms with E-state index in [-0.39, 0.29) is 0 Å². The van der Waals surface area contributed by atoms with E-state index in [0.717, 1.165) is 36.4 Å². The minimum atomic E-state index is 0.525. The van der Waals surface area contributed by atoms with Crippen LogP contribution in [0.4, 0.5) is 0 Å². The van der Waals surface area contributed by atoms with Gasteiger partial charge in [0.05, 0.1) is 19.8 Å². The Morgan fingerprint density at radius 3 is 2.78 bits per heavy atom. The minimum absolute atomic E-state index is 0.525. The van der Waals surface area contributed by atoms with Gasteiger partial charge in [-0.1, -0.05) is 18.2 Å². The van der Waals surface area contributed by atoms with E-state index >= 15 is 0 Å². The monoisotopic (exact) mass is 311 g/mol. The van der Waals surface area contributed by atoms with Gasteiger partial charge in [-0.3, -0.25) is 0 Å². The number of methoxy groups -OCH3 is 1. The van der Waals surface area contributed by atoms with Crippen LogP contribution in [0.5, 0.6) is 11.6 Å². The first kappa shape index (κ1) is 16.8. The third-order valence-electron chi connectivity index (χ3n) is 3.27. The average molecular weight is 311 g/mol. The highest BCUT2D eigenvalue weighted by molar-refractivity contribution is 5.28. The maximum absolute atomic E-state index is 8.50. The molecule has 2 aromatic rings. The van der Waals surface area contributed by atoms with Gasteiger partial charge in [-0.05, 0) is 29.7 Å². The lowest BCUT2D eigenvalue weighted by Gasteiger charge is -2.09. The molecule has 0 saturated heterocycles. The van der Waals surface area contributed by atoms with E-state index in [1.165, 1.54) is 0 Å². The van der Waals surface area contributed by atoms with E-state index in [2.05, 4.69) is 22.4 Å². The first-order chi connectivity index (χ1) is 11.3. The summed E-state index contributed by atoms with van der Waals surface area (Å²) >= 11 is 0. The fourth-order valence-corrected chi connectivity index (χ4v) is 2.07. The lowest BCUT2D eigenvalue weighted by molar-refractivity contribution is 0.312. The Hall–Kier alpha value is -2.58. The van der Waals surface area contributed by atoms with Crippen LogP contribution < -0.4 is 14.8 Å². The van der Waals surface area contributed by atoms with Gasteiger partial charge < -0.3 is 14.8 Å². The quantitative estimate of drug-likeness (QED) is 0.721. The molecule has 2 rings (SSSR count). The van der Waals surface area contributed by atoms with E-state index in [0.29, 0.717) is 18.9 Å². The second-order valence-corrected chi connectivity index (χ2v) is 5.07. The molecule has 0 spiro atoms. The lowest BCUT2D eigenvalue weighted by Crippen LogP contribution is -2.13. The molecule has 120 valence electrons. The number of nitrogens with one attached hydrogen (secondary N) is 1. The molecular weight excluding hydrogens is 290 g/mol. The first-order valence-corrected chi connectivity index (χ1v) is 7.60. The smallest absolute Gasteiger partial charge is 0.212 e. The molecule has 1 aromatic heterocycles. The van der Waals surface area contributed by atoms with Gasteiger partial charge in [0.25, 0.3) is 0 Å². The van der Waals surface area contributed by atoms with Crippen LogP contribution in [0.3, 0.4) is 0 Å². The highest BCUT2D eigenvalue weighted by Gasteiger charge is 1.99. The standard InChI is InChI=1S/C18H21N3O2/c1-22-18-8-7-16(14-21-18)13-20-12-15-5-4-6-17(11-15)23-10-3-2-9-19/h4-8,11,14,20H,2-3,10,12-13H2,1H3. The topological polar surface area (TPSA) is 67.2 Å². The Morgan fingerprint density at radius 1 is 1.17 bits per heavy atom. The van der Waals surface area contributed by atoms with Crippen LogP contribution in [0.2, 0.25) is 0 Å². The van der Waals surface area contributed by atoms with Crippen LogP contribution in [-0.2, 0) is 13.1 Å². The van der Waals surface area contributed by atoms with Crippen molar-refractivity contribution in [1.29, 1.82) is 5.26 Å². The summed E-state index contributed by atoms with van der Waals surface area (Å²) in [6, 6.07) is 13.9. The molecular formula is C18H21N3O2. The number of aromatic nitrogens is 1. The minimum Gasteiger partial charge on any atom is -0.494 e. The number of benzene rings is 1. The first-order valence-electron chi connectivity index (χ1n) is 7.60. The Labute approximate surface area is 136 Å². The summed E-state index contributed by atoms with van der Waals surface area (Å²) in [7, 11) is 1.61. The van der Waals surface area contributed by atoms with Crippen LogP contribution in [0.1, 0.15) is 24.0 Å². The van der Waals surface area contributed by atoms with E-state index in [4.69, 9.17) is 14.7 Å². The number of hydrogen-bond acceptors (Lipinski definition) is 5. The fourth-order valence-electron chi connectivity index (χ4n) is 2.07. The summed E-state index contributed by atoms with van der Waals surface area (Å²) in [5.74, 6) is 1.46. The third-order valence-corrected chi connectivity index (χ3v) is 3.27. The Kier molecular flexibility index (Phi) is 6.89. The molecule has 1 aromatic carbocycles. The number of hydrogen-bond donors (Lipinski definition) is 1. The molecule has 0 radical (unpaired) electrons. The second kappa shape index (κ2) is 9.44. The zero-order valence-corrected chi connectivity index (χ0v) is 13.3. The van der Waals surface area contributed by atoms with Crippen LogP contribution in [0, 0.1) is 11.3 Å². The van der Waals surface area contributed by atoms with Crippen molar-refractivity contribution in [2.24, 2.45) is 0 Å². The Bertz CT molecular complexity index is 635. The molecule has 1 N–H and O–H groups in total. The number of unbranched alkanes of at least 4 members (excludes halogenated alkanes) is 1. The van der Waals surface area contributed by atoms with Crippen molar-refractivity contribution in [3.05, 3.63) is 53.7 Å². The summed E-state index contributed by atoms with van der Waals surface area (Å²) in [6.07, 6.45) is 3.08. The molecule has 0 bridgehead atoms. The summed E-state index contributed by atoms with van der Waals surface area (Å²) in [5, 5.41) is 11.9. The van der Waals surface area contributed by atoms with Crippen LogP contribution in [0.15, 0.2) is 42.6 Å². The van der Waals surface area contributed by atoms with E-state index in [1.807, 2.05) is 30.3 Å². The normalized spacial score (nSPS) is 10.1. The highest BCUT2D eigenvalue weighted by Crippen LogP contribution is 2.14. The molecule has 0 aliphatic rings. The van der Waals surface area contributed by atoms with Gasteiger partial charge in [0.1, 0.15) is 5.75 Å².